The van der Waals surface area contributed by atoms with E-state index in [0.29, 0.717) is 54.9 Å². The van der Waals surface area contributed by atoms with Crippen molar-refractivity contribution >= 4 is 23.4 Å². The van der Waals surface area contributed by atoms with Gasteiger partial charge in [-0.1, -0.05) is 41.9 Å². The smallest absolute Gasteiger partial charge is 0.242 e. The summed E-state index contributed by atoms with van der Waals surface area (Å²) in [5.74, 6) is 1.87. The quantitative estimate of drug-likeness (QED) is 0.469. The minimum atomic E-state index is -0.108. The van der Waals surface area contributed by atoms with Crippen LogP contribution < -0.4 is 14.2 Å². The summed E-state index contributed by atoms with van der Waals surface area (Å²) in [6, 6.07) is 19.3. The van der Waals surface area contributed by atoms with Gasteiger partial charge in [-0.05, 0) is 41.5 Å². The van der Waals surface area contributed by atoms with Crippen molar-refractivity contribution in [3.05, 3.63) is 76.8 Å². The molecule has 0 radical (unpaired) electrons. The molecule has 1 fully saturated rings. The maximum atomic E-state index is 13.4. The molecule has 0 N–H and O–H groups in total. The third kappa shape index (κ3) is 5.23. The Labute approximate surface area is 221 Å². The number of carbonyl (C=O) groups is 2. The first-order chi connectivity index (χ1) is 18.0. The summed E-state index contributed by atoms with van der Waals surface area (Å²) in [4.78, 5) is 29.5. The van der Waals surface area contributed by atoms with Crippen molar-refractivity contribution in [1.29, 1.82) is 0 Å². The number of ether oxygens (including phenoxy) is 3. The molecule has 192 valence electrons. The number of rotatable bonds is 6. The number of amides is 2. The summed E-state index contributed by atoms with van der Waals surface area (Å²) in [5.41, 5.74) is 3.59. The van der Waals surface area contributed by atoms with Crippen molar-refractivity contribution in [3.63, 3.8) is 0 Å². The lowest BCUT2D eigenvalue weighted by Gasteiger charge is -2.24. The number of benzene rings is 3. The van der Waals surface area contributed by atoms with E-state index in [4.69, 9.17) is 25.8 Å². The summed E-state index contributed by atoms with van der Waals surface area (Å²) >= 11 is 6.28. The largest absolute Gasteiger partial charge is 0.496 e. The van der Waals surface area contributed by atoms with E-state index in [1.54, 1.807) is 30.1 Å². The number of nitrogens with zero attached hydrogens (tertiary/aromatic N) is 2. The molecule has 0 saturated carbocycles. The Morgan fingerprint density at radius 3 is 2.59 bits per heavy atom. The Morgan fingerprint density at radius 1 is 1.05 bits per heavy atom. The van der Waals surface area contributed by atoms with Crippen LogP contribution in [-0.2, 0) is 16.1 Å². The van der Waals surface area contributed by atoms with E-state index in [0.717, 1.165) is 22.3 Å². The van der Waals surface area contributed by atoms with Gasteiger partial charge in [0.1, 0.15) is 12.4 Å². The minimum absolute atomic E-state index is 0.00526. The second-order valence-electron chi connectivity index (χ2n) is 9.26. The van der Waals surface area contributed by atoms with Crippen molar-refractivity contribution < 1.29 is 23.8 Å². The summed E-state index contributed by atoms with van der Waals surface area (Å²) in [7, 11) is 3.20. The van der Waals surface area contributed by atoms with Gasteiger partial charge in [0, 0.05) is 41.6 Å². The van der Waals surface area contributed by atoms with Crippen LogP contribution in [0, 0.1) is 0 Å². The van der Waals surface area contributed by atoms with E-state index in [1.165, 1.54) is 0 Å². The zero-order chi connectivity index (χ0) is 25.9. The minimum Gasteiger partial charge on any atom is -0.496 e. The second kappa shape index (κ2) is 10.7. The van der Waals surface area contributed by atoms with Crippen molar-refractivity contribution in [2.24, 2.45) is 0 Å². The van der Waals surface area contributed by atoms with E-state index in [9.17, 15) is 9.59 Å². The fourth-order valence-electron chi connectivity index (χ4n) is 5.05. The van der Waals surface area contributed by atoms with Gasteiger partial charge in [0.25, 0.3) is 0 Å². The number of hydrogen-bond donors (Lipinski definition) is 0. The molecule has 3 aromatic carbocycles. The average Bonchev–Trinajstić information content (AvgIpc) is 3.14. The van der Waals surface area contributed by atoms with Gasteiger partial charge in [-0.2, -0.15) is 0 Å². The highest BCUT2D eigenvalue weighted by molar-refractivity contribution is 6.31. The fraction of sp³-hybridized carbons (Fsp3) is 0.310. The summed E-state index contributed by atoms with van der Waals surface area (Å²) < 4.78 is 17.2. The molecule has 0 aliphatic carbocycles. The lowest BCUT2D eigenvalue weighted by molar-refractivity contribution is -0.138. The van der Waals surface area contributed by atoms with Crippen molar-refractivity contribution in [2.45, 2.75) is 18.9 Å². The highest BCUT2D eigenvalue weighted by Crippen LogP contribution is 2.41. The van der Waals surface area contributed by atoms with Crippen LogP contribution in [0.1, 0.15) is 23.5 Å². The standard InChI is InChI=1S/C29H29ClN2O5/c1-35-25-9-8-23(30)15-24(25)20-12-22-17-31(10-11-37-29(22)26(13-20)36-2)28(34)18-32-16-21(14-27(32)33)19-6-4-3-5-7-19/h3-9,12-13,15,21H,10-11,14,16-18H2,1-2H3/t21-/m1/s1. The number of fused-ring (bicyclic) bond motifs is 1. The molecule has 37 heavy (non-hydrogen) atoms. The van der Waals surface area contributed by atoms with Crippen LogP contribution in [0.3, 0.4) is 0 Å². The molecule has 5 rings (SSSR count). The topological polar surface area (TPSA) is 68.3 Å². The molecule has 2 aliphatic heterocycles. The monoisotopic (exact) mass is 520 g/mol. The van der Waals surface area contributed by atoms with Crippen LogP contribution in [0.5, 0.6) is 17.2 Å². The molecule has 1 saturated heterocycles. The van der Waals surface area contributed by atoms with E-state index in [2.05, 4.69) is 0 Å². The highest BCUT2D eigenvalue weighted by atomic mass is 35.5. The SMILES string of the molecule is COc1ccc(Cl)cc1-c1cc2c(c(OC)c1)OCCN(C(=O)CN1C[C@H](c3ccccc3)CC1=O)C2. The Balaban J connectivity index is 1.37. The average molecular weight is 521 g/mol. The van der Waals surface area contributed by atoms with Gasteiger partial charge >= 0.3 is 0 Å². The molecule has 1 atom stereocenters. The zero-order valence-corrected chi connectivity index (χ0v) is 21.7. The maximum absolute atomic E-state index is 13.4. The molecule has 2 amide bonds. The molecular weight excluding hydrogens is 492 g/mol. The lowest BCUT2D eigenvalue weighted by Crippen LogP contribution is -2.41. The molecule has 0 spiro atoms. The van der Waals surface area contributed by atoms with Crippen LogP contribution in [0.2, 0.25) is 5.02 Å². The highest BCUT2D eigenvalue weighted by Gasteiger charge is 2.33. The van der Waals surface area contributed by atoms with Gasteiger partial charge in [0.05, 0.1) is 27.3 Å². The van der Waals surface area contributed by atoms with Gasteiger partial charge in [-0.15, -0.1) is 0 Å². The molecule has 0 aromatic heterocycles. The van der Waals surface area contributed by atoms with Gasteiger partial charge in [0.2, 0.25) is 11.8 Å². The zero-order valence-electron chi connectivity index (χ0n) is 20.9. The third-order valence-corrected chi connectivity index (χ3v) is 7.19. The third-order valence-electron chi connectivity index (χ3n) is 6.96. The van der Waals surface area contributed by atoms with E-state index in [-0.39, 0.29) is 24.3 Å². The molecule has 2 heterocycles. The Hall–Kier alpha value is -3.71. The number of methoxy groups -OCH3 is 2. The van der Waals surface area contributed by atoms with E-state index >= 15 is 0 Å². The molecule has 3 aromatic rings. The van der Waals surface area contributed by atoms with Gasteiger partial charge in [-0.25, -0.2) is 0 Å². The van der Waals surface area contributed by atoms with E-state index < -0.39 is 0 Å². The number of halogens is 1. The first-order valence-electron chi connectivity index (χ1n) is 12.2. The number of carbonyl (C=O) groups excluding carboxylic acids is 2. The summed E-state index contributed by atoms with van der Waals surface area (Å²) in [6.45, 7) is 1.68. The second-order valence-corrected chi connectivity index (χ2v) is 9.70. The fourth-order valence-corrected chi connectivity index (χ4v) is 5.22. The summed E-state index contributed by atoms with van der Waals surface area (Å²) in [6.07, 6.45) is 0.422. The predicted octanol–water partition coefficient (Wildman–Crippen LogP) is 4.76. The molecule has 7 nitrogen and oxygen atoms in total. The van der Waals surface area contributed by atoms with Crippen molar-refractivity contribution in [1.82, 2.24) is 9.80 Å². The molecule has 0 bridgehead atoms. The number of hydrogen-bond acceptors (Lipinski definition) is 5. The number of likely N-dealkylation sites (tertiary alicyclic amines) is 1. The predicted molar refractivity (Wildman–Crippen MR) is 141 cm³/mol. The molecule has 2 aliphatic rings. The van der Waals surface area contributed by atoms with Gasteiger partial charge < -0.3 is 24.0 Å². The Kier molecular flexibility index (Phi) is 7.24. The van der Waals surface area contributed by atoms with Crippen molar-refractivity contribution in [3.8, 4) is 28.4 Å². The van der Waals surface area contributed by atoms with Crippen LogP contribution in [0.25, 0.3) is 11.1 Å². The lowest BCUT2D eigenvalue weighted by atomic mass is 9.99. The van der Waals surface area contributed by atoms with E-state index in [1.807, 2.05) is 54.6 Å². The first-order valence-corrected chi connectivity index (χ1v) is 12.6. The van der Waals surface area contributed by atoms with Crippen LogP contribution in [-0.4, -0.2) is 62.1 Å². The summed E-state index contributed by atoms with van der Waals surface area (Å²) in [5, 5.41) is 0.585. The maximum Gasteiger partial charge on any atom is 0.242 e. The van der Waals surface area contributed by atoms with Gasteiger partial charge in [0.15, 0.2) is 11.5 Å². The first kappa shape index (κ1) is 25.0. The van der Waals surface area contributed by atoms with Crippen molar-refractivity contribution in [2.75, 3.05) is 40.5 Å². The molecular formula is C29H29ClN2O5. The Bertz CT molecular complexity index is 1310. The molecule has 8 heteroatoms. The Morgan fingerprint density at radius 2 is 1.84 bits per heavy atom. The van der Waals surface area contributed by atoms with Gasteiger partial charge in [-0.3, -0.25) is 9.59 Å². The van der Waals surface area contributed by atoms with Crippen LogP contribution >= 0.6 is 11.6 Å². The van der Waals surface area contributed by atoms with Crippen LogP contribution in [0.4, 0.5) is 0 Å². The molecule has 0 unspecified atom stereocenters. The normalized spacial score (nSPS) is 17.2. The van der Waals surface area contributed by atoms with Crippen LogP contribution in [0.15, 0.2) is 60.7 Å².